The van der Waals surface area contributed by atoms with E-state index in [4.69, 9.17) is 4.74 Å². The van der Waals surface area contributed by atoms with Crippen molar-refractivity contribution < 1.29 is 14.3 Å². The Morgan fingerprint density at radius 2 is 1.71 bits per heavy atom. The lowest BCUT2D eigenvalue weighted by atomic mass is 10.2. The number of hydrogen-bond donors (Lipinski definition) is 2. The third kappa shape index (κ3) is 5.12. The van der Waals surface area contributed by atoms with Crippen molar-refractivity contribution in [2.75, 3.05) is 11.9 Å². The number of ether oxygens (including phenoxy) is 1. The molecule has 0 aromatic heterocycles. The van der Waals surface area contributed by atoms with Crippen LogP contribution in [0.25, 0.3) is 0 Å². The van der Waals surface area contributed by atoms with Crippen LogP contribution in [0.1, 0.15) is 30.6 Å². The largest absolute Gasteiger partial charge is 0.481 e. The zero-order valence-corrected chi connectivity index (χ0v) is 13.9. The van der Waals surface area contributed by atoms with Gasteiger partial charge in [0.25, 0.3) is 11.8 Å². The fourth-order valence-corrected chi connectivity index (χ4v) is 2.05. The molecule has 126 valence electrons. The lowest BCUT2D eigenvalue weighted by Gasteiger charge is -2.14. The fourth-order valence-electron chi connectivity index (χ4n) is 2.05. The van der Waals surface area contributed by atoms with Gasteiger partial charge in [0, 0.05) is 17.8 Å². The van der Waals surface area contributed by atoms with E-state index in [0.29, 0.717) is 23.5 Å². The predicted molar refractivity (Wildman–Crippen MR) is 94.2 cm³/mol. The monoisotopic (exact) mass is 326 g/mol. The zero-order chi connectivity index (χ0) is 17.4. The van der Waals surface area contributed by atoms with Gasteiger partial charge >= 0.3 is 0 Å². The molecule has 0 fully saturated rings. The minimum absolute atomic E-state index is 0.115. The van der Waals surface area contributed by atoms with Gasteiger partial charge in [-0.05, 0) is 49.7 Å². The molecule has 24 heavy (non-hydrogen) atoms. The second kappa shape index (κ2) is 8.72. The first-order valence-corrected chi connectivity index (χ1v) is 8.01. The predicted octanol–water partition coefficient (Wildman–Crippen LogP) is 3.23. The molecule has 0 aliphatic carbocycles. The van der Waals surface area contributed by atoms with E-state index in [-0.39, 0.29) is 11.8 Å². The highest BCUT2D eigenvalue weighted by molar-refractivity contribution is 5.96. The molecule has 0 spiro atoms. The van der Waals surface area contributed by atoms with E-state index in [1.54, 1.807) is 43.3 Å². The fraction of sp³-hybridized carbons (Fsp3) is 0.263. The molecular formula is C19H22N2O3. The third-order valence-corrected chi connectivity index (χ3v) is 3.38. The normalized spacial score (nSPS) is 11.4. The Labute approximate surface area is 142 Å². The Kier molecular flexibility index (Phi) is 6.37. The van der Waals surface area contributed by atoms with Crippen LogP contribution < -0.4 is 15.4 Å². The number of benzene rings is 2. The van der Waals surface area contributed by atoms with E-state index in [1.807, 2.05) is 25.1 Å². The molecule has 0 saturated heterocycles. The highest BCUT2D eigenvalue weighted by atomic mass is 16.5. The van der Waals surface area contributed by atoms with E-state index in [1.165, 1.54) is 0 Å². The molecule has 0 radical (unpaired) electrons. The van der Waals surface area contributed by atoms with Gasteiger partial charge < -0.3 is 15.4 Å². The van der Waals surface area contributed by atoms with Crippen LogP contribution in [0.4, 0.5) is 5.69 Å². The average Bonchev–Trinajstić information content (AvgIpc) is 2.61. The molecule has 1 atom stereocenters. The Balaban J connectivity index is 1.90. The van der Waals surface area contributed by atoms with Gasteiger partial charge in [-0.2, -0.15) is 0 Å². The maximum absolute atomic E-state index is 12.2. The zero-order valence-electron chi connectivity index (χ0n) is 13.9. The summed E-state index contributed by atoms with van der Waals surface area (Å²) in [4.78, 5) is 24.0. The first-order valence-electron chi connectivity index (χ1n) is 8.01. The molecule has 0 heterocycles. The first kappa shape index (κ1) is 17.5. The summed E-state index contributed by atoms with van der Waals surface area (Å²) >= 11 is 0. The molecule has 0 unspecified atom stereocenters. The SMILES string of the molecule is CCCNC(=O)c1ccc(NC(=O)[C@H](C)Oc2ccccc2)cc1. The Bertz CT molecular complexity index is 669. The summed E-state index contributed by atoms with van der Waals surface area (Å²) in [5.41, 5.74) is 1.19. The molecule has 0 aliphatic heterocycles. The van der Waals surface area contributed by atoms with Crippen molar-refractivity contribution in [2.45, 2.75) is 26.4 Å². The number of carbonyl (C=O) groups is 2. The number of anilines is 1. The van der Waals surface area contributed by atoms with Crippen LogP contribution >= 0.6 is 0 Å². The van der Waals surface area contributed by atoms with Crippen LogP contribution in [0.3, 0.4) is 0 Å². The van der Waals surface area contributed by atoms with Crippen molar-refractivity contribution >= 4 is 17.5 Å². The van der Waals surface area contributed by atoms with Crippen LogP contribution in [-0.2, 0) is 4.79 Å². The molecule has 0 saturated carbocycles. The van der Waals surface area contributed by atoms with Crippen molar-refractivity contribution in [1.29, 1.82) is 0 Å². The minimum atomic E-state index is -0.625. The average molecular weight is 326 g/mol. The number of nitrogens with one attached hydrogen (secondary N) is 2. The van der Waals surface area contributed by atoms with E-state index < -0.39 is 6.10 Å². The maximum atomic E-state index is 12.2. The summed E-state index contributed by atoms with van der Waals surface area (Å²) in [6.07, 6.45) is 0.263. The van der Waals surface area contributed by atoms with Gasteiger partial charge in [-0.25, -0.2) is 0 Å². The maximum Gasteiger partial charge on any atom is 0.265 e. The highest BCUT2D eigenvalue weighted by Gasteiger charge is 2.15. The Morgan fingerprint density at radius 1 is 1.04 bits per heavy atom. The molecule has 2 aromatic carbocycles. The van der Waals surface area contributed by atoms with E-state index >= 15 is 0 Å². The lowest BCUT2D eigenvalue weighted by Crippen LogP contribution is -2.30. The van der Waals surface area contributed by atoms with Gasteiger partial charge in [0.05, 0.1) is 0 Å². The quantitative estimate of drug-likeness (QED) is 0.821. The smallest absolute Gasteiger partial charge is 0.265 e. The van der Waals surface area contributed by atoms with Crippen LogP contribution in [0.2, 0.25) is 0 Å². The van der Waals surface area contributed by atoms with Gasteiger partial charge in [-0.3, -0.25) is 9.59 Å². The van der Waals surface area contributed by atoms with Gasteiger partial charge in [-0.1, -0.05) is 25.1 Å². The van der Waals surface area contributed by atoms with E-state index in [2.05, 4.69) is 10.6 Å². The number of carbonyl (C=O) groups excluding carboxylic acids is 2. The van der Waals surface area contributed by atoms with Crippen molar-refractivity contribution in [3.05, 3.63) is 60.2 Å². The molecule has 2 amide bonds. The van der Waals surface area contributed by atoms with Crippen molar-refractivity contribution in [3.8, 4) is 5.75 Å². The van der Waals surface area contributed by atoms with Gasteiger partial charge in [0.2, 0.25) is 0 Å². The summed E-state index contributed by atoms with van der Waals surface area (Å²) < 4.78 is 5.58. The first-order chi connectivity index (χ1) is 11.6. The summed E-state index contributed by atoms with van der Waals surface area (Å²) in [5.74, 6) is 0.278. The molecule has 5 heteroatoms. The second-order valence-corrected chi connectivity index (χ2v) is 5.40. The lowest BCUT2D eigenvalue weighted by molar-refractivity contribution is -0.122. The van der Waals surface area contributed by atoms with E-state index in [0.717, 1.165) is 6.42 Å². The molecule has 2 rings (SSSR count). The molecule has 0 aliphatic rings. The molecular weight excluding hydrogens is 304 g/mol. The summed E-state index contributed by atoms with van der Waals surface area (Å²) in [6.45, 7) is 4.33. The van der Waals surface area contributed by atoms with Crippen LogP contribution in [0.5, 0.6) is 5.75 Å². The Morgan fingerprint density at radius 3 is 2.33 bits per heavy atom. The summed E-state index contributed by atoms with van der Waals surface area (Å²) in [7, 11) is 0. The Hall–Kier alpha value is -2.82. The summed E-state index contributed by atoms with van der Waals surface area (Å²) in [5, 5.41) is 5.58. The van der Waals surface area contributed by atoms with Gasteiger partial charge in [0.15, 0.2) is 6.10 Å². The molecule has 2 N–H and O–H groups in total. The second-order valence-electron chi connectivity index (χ2n) is 5.40. The topological polar surface area (TPSA) is 67.4 Å². The molecule has 0 bridgehead atoms. The van der Waals surface area contributed by atoms with Gasteiger partial charge in [0.1, 0.15) is 5.75 Å². The van der Waals surface area contributed by atoms with Crippen molar-refractivity contribution in [1.82, 2.24) is 5.32 Å². The summed E-state index contributed by atoms with van der Waals surface area (Å²) in [6, 6.07) is 16.0. The number of rotatable bonds is 7. The number of amides is 2. The standard InChI is InChI=1S/C19H22N2O3/c1-3-13-20-19(23)15-9-11-16(12-10-15)21-18(22)14(2)24-17-7-5-4-6-8-17/h4-12,14H,3,13H2,1-2H3,(H,20,23)(H,21,22)/t14-/m0/s1. The van der Waals surface area contributed by atoms with Crippen LogP contribution in [0.15, 0.2) is 54.6 Å². The number of para-hydroxylation sites is 1. The van der Waals surface area contributed by atoms with Gasteiger partial charge in [-0.15, -0.1) is 0 Å². The highest BCUT2D eigenvalue weighted by Crippen LogP contribution is 2.13. The minimum Gasteiger partial charge on any atom is -0.481 e. The van der Waals surface area contributed by atoms with Crippen LogP contribution in [-0.4, -0.2) is 24.5 Å². The molecule has 2 aromatic rings. The van der Waals surface area contributed by atoms with Crippen LogP contribution in [0, 0.1) is 0 Å². The number of hydrogen-bond acceptors (Lipinski definition) is 3. The van der Waals surface area contributed by atoms with E-state index in [9.17, 15) is 9.59 Å². The van der Waals surface area contributed by atoms with Crippen molar-refractivity contribution in [3.63, 3.8) is 0 Å². The van der Waals surface area contributed by atoms with Crippen molar-refractivity contribution in [2.24, 2.45) is 0 Å². The third-order valence-electron chi connectivity index (χ3n) is 3.38. The molecule has 5 nitrogen and oxygen atoms in total.